The Morgan fingerprint density at radius 3 is 3.08 bits per heavy atom. The summed E-state index contributed by atoms with van der Waals surface area (Å²) in [6.07, 6.45) is 3.22. The molecule has 0 aliphatic heterocycles. The van der Waals surface area contributed by atoms with Crippen LogP contribution in [-0.4, -0.2) is 9.97 Å². The Kier molecular flexibility index (Phi) is 0.701. The van der Waals surface area contributed by atoms with Gasteiger partial charge in [0.25, 0.3) is 0 Å². The maximum absolute atomic E-state index is 7.89. The number of aromatic nitrogens is 2. The molecule has 0 aliphatic carbocycles. The van der Waals surface area contributed by atoms with Gasteiger partial charge in [-0.1, -0.05) is 18.1 Å². The largest absolute Gasteiger partial charge is 0.353 e. The van der Waals surface area contributed by atoms with Crippen molar-refractivity contribution in [2.24, 2.45) is 0 Å². The molecule has 0 atom stereocenters. The molecule has 2 nitrogen and oxygen atoms in total. The van der Waals surface area contributed by atoms with E-state index in [-0.39, 0.29) is 24.2 Å². The fraction of sp³-hybridized carbons (Fsp3) is 0. The van der Waals surface area contributed by atoms with Crippen molar-refractivity contribution >= 4 is 21.8 Å². The maximum atomic E-state index is 7.89. The monoisotopic (exact) mass is 172 g/mol. The van der Waals surface area contributed by atoms with Crippen molar-refractivity contribution in [1.82, 2.24) is 9.97 Å². The van der Waals surface area contributed by atoms with Crippen LogP contribution in [0, 0.1) is 0 Å². The third kappa shape index (κ3) is 0.855. The molecule has 1 N–H and O–H groups in total. The molecule has 3 aromatic rings. The van der Waals surface area contributed by atoms with E-state index in [0.29, 0.717) is 10.9 Å². The van der Waals surface area contributed by atoms with Gasteiger partial charge < -0.3 is 4.98 Å². The third-order valence-electron chi connectivity index (χ3n) is 2.04. The molecule has 62 valence electrons. The first-order chi connectivity index (χ1) is 8.11. The first kappa shape index (κ1) is 3.92. The number of hydrogen-bond acceptors (Lipinski definition) is 1. The van der Waals surface area contributed by atoms with Crippen LogP contribution >= 0.6 is 0 Å². The van der Waals surface area contributed by atoms with Gasteiger partial charge in [0.05, 0.1) is 17.2 Å². The molecule has 0 unspecified atom stereocenters. The average Bonchev–Trinajstić information content (AvgIpc) is 2.73. The molecule has 2 heteroatoms. The Labute approximate surface area is 80.8 Å². The summed E-state index contributed by atoms with van der Waals surface area (Å²) in [6, 6.07) is 1.26. The van der Waals surface area contributed by atoms with E-state index in [1.807, 2.05) is 0 Å². The lowest BCUT2D eigenvalue weighted by Gasteiger charge is -1.87. The van der Waals surface area contributed by atoms with E-state index in [0.717, 1.165) is 10.9 Å². The molecule has 1 aromatic carbocycles. The van der Waals surface area contributed by atoms with Crippen LogP contribution in [-0.2, 0) is 0 Å². The summed E-state index contributed by atoms with van der Waals surface area (Å²) in [5.74, 6) is 0. The van der Waals surface area contributed by atoms with Crippen LogP contribution in [0.15, 0.2) is 42.6 Å². The molecule has 0 radical (unpaired) electrons. The molecule has 0 amide bonds. The smallest absolute Gasteiger partial charge is 0.0651 e. The number of para-hydroxylation sites is 1. The predicted molar refractivity (Wildman–Crippen MR) is 53.6 cm³/mol. The van der Waals surface area contributed by atoms with Crippen LogP contribution < -0.4 is 0 Å². The average molecular weight is 172 g/mol. The second kappa shape index (κ2) is 2.33. The van der Waals surface area contributed by atoms with E-state index in [9.17, 15) is 0 Å². The molecule has 0 aliphatic rings. The van der Waals surface area contributed by atoms with Gasteiger partial charge in [0, 0.05) is 22.5 Å². The quantitative estimate of drug-likeness (QED) is 0.555. The van der Waals surface area contributed by atoms with Gasteiger partial charge in [-0.2, -0.15) is 0 Å². The molecule has 0 bridgehead atoms. The standard InChI is InChI=1S/C11H8N2/c1-2-4-10-8(3-1)9-5-6-12-7-11(9)13-10/h1-7,13H/i1D,2D,3D,4D. The van der Waals surface area contributed by atoms with Crippen LogP contribution in [0.5, 0.6) is 0 Å². The van der Waals surface area contributed by atoms with E-state index >= 15 is 0 Å². The number of rotatable bonds is 0. The zero-order valence-corrected chi connectivity index (χ0v) is 6.68. The minimum Gasteiger partial charge on any atom is -0.353 e. The number of nitrogens with one attached hydrogen (secondary N) is 1. The van der Waals surface area contributed by atoms with Crippen molar-refractivity contribution in [3.63, 3.8) is 0 Å². The highest BCUT2D eigenvalue weighted by Gasteiger charge is 2.00. The number of pyridine rings is 1. The molecule has 0 saturated heterocycles. The van der Waals surface area contributed by atoms with Crippen LogP contribution in [0.4, 0.5) is 0 Å². The molecule has 0 fully saturated rings. The number of benzene rings is 1. The fourth-order valence-corrected chi connectivity index (χ4v) is 1.45. The summed E-state index contributed by atoms with van der Waals surface area (Å²) >= 11 is 0. The lowest BCUT2D eigenvalue weighted by Crippen LogP contribution is -1.68. The summed E-state index contributed by atoms with van der Waals surface area (Å²) in [5.41, 5.74) is 1.15. The second-order valence-electron chi connectivity index (χ2n) is 2.80. The number of aromatic amines is 1. The van der Waals surface area contributed by atoms with Crippen molar-refractivity contribution in [2.45, 2.75) is 0 Å². The first-order valence-corrected chi connectivity index (χ1v) is 3.93. The Hall–Kier alpha value is -1.83. The highest BCUT2D eigenvalue weighted by atomic mass is 14.7. The summed E-state index contributed by atoms with van der Waals surface area (Å²) < 4.78 is 31.0. The van der Waals surface area contributed by atoms with Crippen molar-refractivity contribution in [3.8, 4) is 0 Å². The summed E-state index contributed by atoms with van der Waals surface area (Å²) in [6.45, 7) is 0. The van der Waals surface area contributed by atoms with E-state index in [4.69, 9.17) is 5.48 Å². The zero-order chi connectivity index (χ0) is 12.2. The van der Waals surface area contributed by atoms with Crippen molar-refractivity contribution in [3.05, 3.63) is 42.6 Å². The first-order valence-electron chi connectivity index (χ1n) is 5.93. The lowest BCUT2D eigenvalue weighted by molar-refractivity contribution is 1.35. The van der Waals surface area contributed by atoms with Crippen molar-refractivity contribution < 1.29 is 5.48 Å². The highest BCUT2D eigenvalue weighted by Crippen LogP contribution is 2.23. The van der Waals surface area contributed by atoms with Crippen LogP contribution in [0.2, 0.25) is 0 Å². The van der Waals surface area contributed by atoms with E-state index in [1.165, 1.54) is 0 Å². The van der Waals surface area contributed by atoms with E-state index in [1.54, 1.807) is 18.5 Å². The van der Waals surface area contributed by atoms with Crippen molar-refractivity contribution in [1.29, 1.82) is 0 Å². The number of fused-ring (bicyclic) bond motifs is 3. The SMILES string of the molecule is [2H]c1c([2H])c([2H])c2c([nH]c3cnccc32)c1[2H]. The van der Waals surface area contributed by atoms with Gasteiger partial charge in [0.2, 0.25) is 0 Å². The molecule has 2 heterocycles. The molecule has 13 heavy (non-hydrogen) atoms. The minimum absolute atomic E-state index is 0.0153. The Morgan fingerprint density at radius 2 is 2.08 bits per heavy atom. The zero-order valence-electron chi connectivity index (χ0n) is 10.7. The number of hydrogen-bond donors (Lipinski definition) is 1. The molecule has 2 aromatic heterocycles. The fourth-order valence-electron chi connectivity index (χ4n) is 1.45. The predicted octanol–water partition coefficient (Wildman–Crippen LogP) is 2.72. The summed E-state index contributed by atoms with van der Waals surface area (Å²) in [5, 5.41) is 1.29. The van der Waals surface area contributed by atoms with Gasteiger partial charge in [0.15, 0.2) is 0 Å². The Bertz CT molecular complexity index is 748. The van der Waals surface area contributed by atoms with E-state index < -0.39 is 0 Å². The molecule has 0 saturated carbocycles. The Morgan fingerprint density at radius 1 is 1.15 bits per heavy atom. The van der Waals surface area contributed by atoms with Crippen LogP contribution in [0.1, 0.15) is 5.48 Å². The topological polar surface area (TPSA) is 28.7 Å². The van der Waals surface area contributed by atoms with Crippen LogP contribution in [0.3, 0.4) is 0 Å². The molecular weight excluding hydrogens is 160 g/mol. The Balaban J connectivity index is 2.67. The van der Waals surface area contributed by atoms with E-state index in [2.05, 4.69) is 9.97 Å². The van der Waals surface area contributed by atoms with Gasteiger partial charge in [-0.3, -0.25) is 4.98 Å². The molecule has 0 spiro atoms. The van der Waals surface area contributed by atoms with Gasteiger partial charge in [-0.05, 0) is 12.1 Å². The third-order valence-corrected chi connectivity index (χ3v) is 2.04. The molecular formula is C11H8N2. The summed E-state index contributed by atoms with van der Waals surface area (Å²) in [7, 11) is 0. The minimum atomic E-state index is -0.220. The number of H-pyrrole nitrogens is 1. The number of nitrogens with zero attached hydrogens (tertiary/aromatic N) is 1. The van der Waals surface area contributed by atoms with Crippen molar-refractivity contribution in [2.75, 3.05) is 0 Å². The highest BCUT2D eigenvalue weighted by molar-refractivity contribution is 6.06. The lowest BCUT2D eigenvalue weighted by atomic mass is 10.2. The van der Waals surface area contributed by atoms with Gasteiger partial charge in [-0.25, -0.2) is 0 Å². The second-order valence-corrected chi connectivity index (χ2v) is 2.80. The van der Waals surface area contributed by atoms with Gasteiger partial charge >= 0.3 is 0 Å². The molecule has 3 rings (SSSR count). The normalized spacial score (nSPS) is 15.4. The summed E-state index contributed by atoms with van der Waals surface area (Å²) in [4.78, 5) is 6.95. The van der Waals surface area contributed by atoms with Gasteiger partial charge in [-0.15, -0.1) is 0 Å². The maximum Gasteiger partial charge on any atom is 0.0651 e. The van der Waals surface area contributed by atoms with Crippen LogP contribution in [0.25, 0.3) is 21.8 Å². The van der Waals surface area contributed by atoms with Gasteiger partial charge in [0.1, 0.15) is 0 Å².